The molecule has 0 saturated heterocycles. The molecule has 0 aliphatic rings. The van der Waals surface area contributed by atoms with Crippen molar-refractivity contribution in [2.24, 2.45) is 5.10 Å². The molecule has 0 aromatic heterocycles. The van der Waals surface area contributed by atoms with Crippen molar-refractivity contribution in [1.82, 2.24) is 5.43 Å². The molecule has 0 amide bonds. The zero-order chi connectivity index (χ0) is 12.0. The Kier molecular flexibility index (Phi) is 4.32. The van der Waals surface area contributed by atoms with E-state index in [1.807, 2.05) is 12.1 Å². The van der Waals surface area contributed by atoms with Crippen molar-refractivity contribution in [3.8, 4) is 5.75 Å². The lowest BCUT2D eigenvalue weighted by Gasteiger charge is -2.02. The lowest BCUT2D eigenvalue weighted by Crippen LogP contribution is -2.17. The normalized spacial score (nSPS) is 11.2. The van der Waals surface area contributed by atoms with Crippen LogP contribution in [0.2, 0.25) is 0 Å². The number of carboxylic acids is 1. The van der Waals surface area contributed by atoms with Crippen molar-refractivity contribution in [1.29, 1.82) is 0 Å². The van der Waals surface area contributed by atoms with Crippen molar-refractivity contribution in [3.05, 3.63) is 29.8 Å². The van der Waals surface area contributed by atoms with Crippen LogP contribution in [0.15, 0.2) is 29.4 Å². The molecule has 16 heavy (non-hydrogen) atoms. The first kappa shape index (κ1) is 12.0. The van der Waals surface area contributed by atoms with Crippen LogP contribution in [0.4, 0.5) is 0 Å². The van der Waals surface area contributed by atoms with Gasteiger partial charge in [-0.2, -0.15) is 5.10 Å². The summed E-state index contributed by atoms with van der Waals surface area (Å²) in [6.45, 7) is 1.98. The molecular formula is C11H14N2O3. The van der Waals surface area contributed by atoms with E-state index in [1.165, 1.54) is 6.92 Å². The number of hydrazone groups is 1. The van der Waals surface area contributed by atoms with Gasteiger partial charge in [0.05, 0.1) is 0 Å². The molecule has 1 aromatic rings. The molecule has 0 bridgehead atoms. The molecule has 0 unspecified atom stereocenters. The number of hydrogen-bond acceptors (Lipinski definition) is 4. The Hall–Kier alpha value is -2.04. The highest BCUT2D eigenvalue weighted by atomic mass is 16.4. The smallest absolute Gasteiger partial charge is 0.351 e. The Morgan fingerprint density at radius 2 is 2.00 bits per heavy atom. The van der Waals surface area contributed by atoms with E-state index in [9.17, 15) is 4.79 Å². The summed E-state index contributed by atoms with van der Waals surface area (Å²) < 4.78 is 0. The molecule has 0 saturated carbocycles. The predicted molar refractivity (Wildman–Crippen MR) is 60.6 cm³/mol. The van der Waals surface area contributed by atoms with E-state index in [-0.39, 0.29) is 11.5 Å². The van der Waals surface area contributed by atoms with Gasteiger partial charge < -0.3 is 15.6 Å². The lowest BCUT2D eigenvalue weighted by atomic mass is 10.1. The Morgan fingerprint density at radius 1 is 1.38 bits per heavy atom. The van der Waals surface area contributed by atoms with Gasteiger partial charge in [-0.1, -0.05) is 12.1 Å². The minimum absolute atomic E-state index is 0.0331. The maximum Gasteiger partial charge on any atom is 0.351 e. The second kappa shape index (κ2) is 5.75. The van der Waals surface area contributed by atoms with E-state index in [0.29, 0.717) is 6.54 Å². The summed E-state index contributed by atoms with van der Waals surface area (Å²) in [5.41, 5.74) is 3.76. The van der Waals surface area contributed by atoms with Gasteiger partial charge >= 0.3 is 5.97 Å². The second-order valence-corrected chi connectivity index (χ2v) is 3.33. The Morgan fingerprint density at radius 3 is 2.56 bits per heavy atom. The summed E-state index contributed by atoms with van der Waals surface area (Å²) >= 11 is 0. The highest BCUT2D eigenvalue weighted by molar-refractivity contribution is 6.34. The highest BCUT2D eigenvalue weighted by Crippen LogP contribution is 2.09. The first-order chi connectivity index (χ1) is 7.59. The van der Waals surface area contributed by atoms with Gasteiger partial charge in [-0.25, -0.2) is 4.79 Å². The summed E-state index contributed by atoms with van der Waals surface area (Å²) in [6.07, 6.45) is 0.719. The molecule has 5 heteroatoms. The van der Waals surface area contributed by atoms with Gasteiger partial charge in [-0.3, -0.25) is 0 Å². The number of phenolic OH excluding ortho intramolecular Hbond substituents is 1. The van der Waals surface area contributed by atoms with Crippen LogP contribution in [-0.4, -0.2) is 28.4 Å². The monoisotopic (exact) mass is 222 g/mol. The number of carbonyl (C=O) groups is 1. The molecule has 0 aliphatic carbocycles. The van der Waals surface area contributed by atoms with Gasteiger partial charge in [-0.15, -0.1) is 0 Å². The fraction of sp³-hybridized carbons (Fsp3) is 0.273. The maximum absolute atomic E-state index is 10.4. The number of benzene rings is 1. The summed E-state index contributed by atoms with van der Waals surface area (Å²) in [5.74, 6) is -0.798. The standard InChI is InChI=1S/C11H14N2O3/c1-8(11(15)16)13-12-7-6-9-2-4-10(14)5-3-9/h2-5,12,14H,6-7H2,1H3,(H,15,16). The maximum atomic E-state index is 10.4. The first-order valence-corrected chi connectivity index (χ1v) is 4.88. The Labute approximate surface area is 93.4 Å². The van der Waals surface area contributed by atoms with Crippen molar-refractivity contribution in [2.75, 3.05) is 6.54 Å². The lowest BCUT2D eigenvalue weighted by molar-refractivity contribution is -0.129. The molecule has 86 valence electrons. The minimum atomic E-state index is -1.03. The Bertz CT molecular complexity index is 385. The summed E-state index contributed by atoms with van der Waals surface area (Å²) in [5, 5.41) is 21.3. The molecule has 0 aliphatic heterocycles. The number of hydrogen-bond donors (Lipinski definition) is 3. The fourth-order valence-corrected chi connectivity index (χ4v) is 1.09. The van der Waals surface area contributed by atoms with Crippen LogP contribution < -0.4 is 5.43 Å². The number of carboxylic acid groups (broad SMARTS) is 1. The van der Waals surface area contributed by atoms with Crippen LogP contribution in [0.5, 0.6) is 5.75 Å². The molecule has 0 fully saturated rings. The van der Waals surface area contributed by atoms with E-state index in [0.717, 1.165) is 12.0 Å². The van der Waals surface area contributed by atoms with Crippen molar-refractivity contribution >= 4 is 11.7 Å². The largest absolute Gasteiger partial charge is 0.508 e. The third-order valence-corrected chi connectivity index (χ3v) is 2.02. The summed E-state index contributed by atoms with van der Waals surface area (Å²) in [6, 6.07) is 6.85. The van der Waals surface area contributed by atoms with E-state index in [4.69, 9.17) is 10.2 Å². The average Bonchev–Trinajstić information content (AvgIpc) is 2.26. The number of phenols is 1. The van der Waals surface area contributed by atoms with Crippen LogP contribution >= 0.6 is 0 Å². The molecule has 1 rings (SSSR count). The van der Waals surface area contributed by atoms with Crippen LogP contribution in [0.3, 0.4) is 0 Å². The Balaban J connectivity index is 2.34. The number of nitrogens with one attached hydrogen (secondary N) is 1. The van der Waals surface area contributed by atoms with Crippen LogP contribution in [0.25, 0.3) is 0 Å². The SMILES string of the molecule is CC(=NNCCc1ccc(O)cc1)C(=O)O. The van der Waals surface area contributed by atoms with E-state index < -0.39 is 5.97 Å². The molecule has 0 atom stereocenters. The molecule has 1 aromatic carbocycles. The molecule has 3 N–H and O–H groups in total. The van der Waals surface area contributed by atoms with Gasteiger partial charge in [-0.05, 0) is 31.0 Å². The predicted octanol–water partition coefficient (Wildman–Crippen LogP) is 0.985. The van der Waals surface area contributed by atoms with Gasteiger partial charge in [0.15, 0.2) is 0 Å². The quantitative estimate of drug-likeness (QED) is 0.394. The van der Waals surface area contributed by atoms with E-state index in [2.05, 4.69) is 10.5 Å². The number of nitrogens with zero attached hydrogens (tertiary/aromatic N) is 1. The van der Waals surface area contributed by atoms with Gasteiger partial charge in [0.25, 0.3) is 0 Å². The van der Waals surface area contributed by atoms with Crippen LogP contribution in [-0.2, 0) is 11.2 Å². The molecule has 5 nitrogen and oxygen atoms in total. The third-order valence-electron chi connectivity index (χ3n) is 2.02. The van der Waals surface area contributed by atoms with E-state index >= 15 is 0 Å². The molecule has 0 heterocycles. The van der Waals surface area contributed by atoms with Gasteiger partial charge in [0, 0.05) is 6.54 Å². The van der Waals surface area contributed by atoms with Gasteiger partial charge in [0.2, 0.25) is 0 Å². The van der Waals surface area contributed by atoms with Crippen LogP contribution in [0.1, 0.15) is 12.5 Å². The topological polar surface area (TPSA) is 81.9 Å². The molecule has 0 radical (unpaired) electrons. The van der Waals surface area contributed by atoms with Crippen molar-refractivity contribution in [2.45, 2.75) is 13.3 Å². The third kappa shape index (κ3) is 4.00. The number of rotatable bonds is 5. The van der Waals surface area contributed by atoms with Crippen molar-refractivity contribution in [3.63, 3.8) is 0 Å². The number of aliphatic carboxylic acids is 1. The number of aromatic hydroxyl groups is 1. The highest BCUT2D eigenvalue weighted by Gasteiger charge is 2.00. The molecule has 0 spiro atoms. The summed E-state index contributed by atoms with van der Waals surface area (Å²) in [4.78, 5) is 10.4. The van der Waals surface area contributed by atoms with E-state index in [1.54, 1.807) is 12.1 Å². The van der Waals surface area contributed by atoms with Crippen molar-refractivity contribution < 1.29 is 15.0 Å². The molecular weight excluding hydrogens is 208 g/mol. The fourth-order valence-electron chi connectivity index (χ4n) is 1.09. The van der Waals surface area contributed by atoms with Gasteiger partial charge in [0.1, 0.15) is 11.5 Å². The zero-order valence-corrected chi connectivity index (χ0v) is 8.97. The zero-order valence-electron chi connectivity index (χ0n) is 8.97. The first-order valence-electron chi connectivity index (χ1n) is 4.88. The summed E-state index contributed by atoms with van der Waals surface area (Å²) in [7, 11) is 0. The van der Waals surface area contributed by atoms with Crippen LogP contribution in [0, 0.1) is 0 Å². The second-order valence-electron chi connectivity index (χ2n) is 3.33. The average molecular weight is 222 g/mol. The minimum Gasteiger partial charge on any atom is -0.508 e.